The molecule has 0 unspecified atom stereocenters. The van der Waals surface area contributed by atoms with Crippen LogP contribution in [0.25, 0.3) is 0 Å². The topological polar surface area (TPSA) is 61.3 Å². The highest BCUT2D eigenvalue weighted by Gasteiger charge is 1.99. The molecule has 0 radical (unpaired) electrons. The highest BCUT2D eigenvalue weighted by Crippen LogP contribution is 2.16. The van der Waals surface area contributed by atoms with Crippen molar-refractivity contribution in [3.63, 3.8) is 0 Å². The fraction of sp³-hybridized carbons (Fsp3) is 0.214. The molecule has 98 valence electrons. The number of thioether (sulfide) groups is 1. The Kier molecular flexibility index (Phi) is 5.35. The van der Waals surface area contributed by atoms with E-state index in [-0.39, 0.29) is 0 Å². The largest absolute Gasteiger partial charge is 0.493 e. The van der Waals surface area contributed by atoms with E-state index in [4.69, 9.17) is 14.9 Å². The van der Waals surface area contributed by atoms with Gasteiger partial charge in [-0.1, -0.05) is 23.6 Å². The van der Waals surface area contributed by atoms with E-state index in [0.717, 1.165) is 17.1 Å². The van der Waals surface area contributed by atoms with E-state index in [9.17, 15) is 0 Å². The Morgan fingerprint density at radius 2 is 2.16 bits per heavy atom. The van der Waals surface area contributed by atoms with Gasteiger partial charge in [-0.15, -0.1) is 0 Å². The molecule has 0 saturated heterocycles. The van der Waals surface area contributed by atoms with Crippen LogP contribution in [0, 0.1) is 11.8 Å². The number of aromatic nitrogens is 1. The molecule has 0 amide bonds. The molecule has 2 aromatic rings. The van der Waals surface area contributed by atoms with Gasteiger partial charge in [0.05, 0.1) is 19.3 Å². The predicted molar refractivity (Wildman–Crippen MR) is 75.1 cm³/mol. The van der Waals surface area contributed by atoms with Crippen LogP contribution in [0.15, 0.2) is 46.4 Å². The van der Waals surface area contributed by atoms with E-state index < -0.39 is 0 Å². The Morgan fingerprint density at radius 3 is 2.84 bits per heavy atom. The lowest BCUT2D eigenvalue weighted by Crippen LogP contribution is -2.00. The molecule has 1 heterocycles. The van der Waals surface area contributed by atoms with E-state index >= 15 is 0 Å². The van der Waals surface area contributed by atoms with Crippen molar-refractivity contribution >= 4 is 11.8 Å². The summed E-state index contributed by atoms with van der Waals surface area (Å²) in [6, 6.07) is 7.63. The van der Waals surface area contributed by atoms with Crippen LogP contribution < -0.4 is 10.5 Å². The number of nitrogens with zero attached hydrogens (tertiary/aromatic N) is 1. The zero-order valence-corrected chi connectivity index (χ0v) is 11.2. The lowest BCUT2D eigenvalue weighted by Gasteiger charge is -2.04. The summed E-state index contributed by atoms with van der Waals surface area (Å²) in [7, 11) is 0. The summed E-state index contributed by atoms with van der Waals surface area (Å²) in [5.41, 5.74) is 6.25. The van der Waals surface area contributed by atoms with E-state index in [1.807, 2.05) is 24.3 Å². The van der Waals surface area contributed by atoms with Gasteiger partial charge in [-0.25, -0.2) is 4.98 Å². The first kappa shape index (κ1) is 13.5. The van der Waals surface area contributed by atoms with Crippen molar-refractivity contribution in [2.45, 2.75) is 5.22 Å². The van der Waals surface area contributed by atoms with Gasteiger partial charge in [0.1, 0.15) is 12.0 Å². The van der Waals surface area contributed by atoms with Crippen molar-refractivity contribution in [3.05, 3.63) is 42.3 Å². The van der Waals surface area contributed by atoms with Crippen LogP contribution in [0.3, 0.4) is 0 Å². The maximum absolute atomic E-state index is 5.60. The minimum atomic E-state index is 0.371. The smallest absolute Gasteiger partial charge is 0.255 e. The van der Waals surface area contributed by atoms with Crippen molar-refractivity contribution in [2.75, 3.05) is 18.9 Å². The van der Waals surface area contributed by atoms with Gasteiger partial charge in [-0.2, -0.15) is 0 Å². The highest BCUT2D eigenvalue weighted by molar-refractivity contribution is 7.99. The average molecular weight is 274 g/mol. The van der Waals surface area contributed by atoms with Crippen LogP contribution >= 0.6 is 11.8 Å². The Morgan fingerprint density at radius 1 is 1.32 bits per heavy atom. The molecule has 4 nitrogen and oxygen atoms in total. The number of hydrogen-bond acceptors (Lipinski definition) is 5. The lowest BCUT2D eigenvalue weighted by atomic mass is 10.2. The Labute approximate surface area is 116 Å². The summed E-state index contributed by atoms with van der Waals surface area (Å²) in [6.07, 6.45) is 3.19. The first-order chi connectivity index (χ1) is 9.38. The van der Waals surface area contributed by atoms with Crippen molar-refractivity contribution in [2.24, 2.45) is 5.73 Å². The SMILES string of the molecule is NCC#Cc1ccc(OCCSc2ncco2)cc1. The molecular weight excluding hydrogens is 260 g/mol. The zero-order chi connectivity index (χ0) is 13.3. The molecule has 2 N–H and O–H groups in total. The zero-order valence-electron chi connectivity index (χ0n) is 10.3. The first-order valence-electron chi connectivity index (χ1n) is 5.82. The molecule has 0 aliphatic carbocycles. The number of ether oxygens (including phenoxy) is 1. The third-order valence-electron chi connectivity index (χ3n) is 2.18. The molecule has 5 heteroatoms. The van der Waals surface area contributed by atoms with Crippen molar-refractivity contribution < 1.29 is 9.15 Å². The molecule has 19 heavy (non-hydrogen) atoms. The lowest BCUT2D eigenvalue weighted by molar-refractivity contribution is 0.343. The average Bonchev–Trinajstić information content (AvgIpc) is 2.96. The molecule has 0 saturated carbocycles. The number of rotatable bonds is 5. The molecule has 0 atom stereocenters. The van der Waals surface area contributed by atoms with E-state index in [0.29, 0.717) is 18.4 Å². The second-order valence-corrected chi connectivity index (χ2v) is 4.57. The van der Waals surface area contributed by atoms with Gasteiger partial charge >= 0.3 is 0 Å². The number of benzene rings is 1. The number of oxazole rings is 1. The maximum Gasteiger partial charge on any atom is 0.255 e. The summed E-state index contributed by atoms with van der Waals surface area (Å²) in [6.45, 7) is 0.969. The molecule has 1 aromatic heterocycles. The quantitative estimate of drug-likeness (QED) is 0.514. The molecule has 0 fully saturated rings. The van der Waals surface area contributed by atoms with Gasteiger partial charge in [0.15, 0.2) is 0 Å². The van der Waals surface area contributed by atoms with Crippen LogP contribution in [0.5, 0.6) is 5.75 Å². The third-order valence-corrected chi connectivity index (χ3v) is 3.00. The first-order valence-corrected chi connectivity index (χ1v) is 6.81. The van der Waals surface area contributed by atoms with Crippen molar-refractivity contribution in [3.8, 4) is 17.6 Å². The third kappa shape index (κ3) is 4.70. The van der Waals surface area contributed by atoms with Gasteiger partial charge in [0.2, 0.25) is 0 Å². The van der Waals surface area contributed by atoms with Crippen molar-refractivity contribution in [1.29, 1.82) is 0 Å². The van der Waals surface area contributed by atoms with E-state index in [1.54, 1.807) is 12.5 Å². The fourth-order valence-corrected chi connectivity index (χ4v) is 1.96. The number of nitrogens with two attached hydrogens (primary N) is 1. The van der Waals surface area contributed by atoms with Gasteiger partial charge in [0.25, 0.3) is 5.22 Å². The minimum absolute atomic E-state index is 0.371. The Balaban J connectivity index is 1.74. The molecule has 0 bridgehead atoms. The molecule has 2 rings (SSSR count). The molecule has 0 aliphatic rings. The van der Waals surface area contributed by atoms with Crippen molar-refractivity contribution in [1.82, 2.24) is 4.98 Å². The second kappa shape index (κ2) is 7.52. The van der Waals surface area contributed by atoms with Crippen LogP contribution in [0.4, 0.5) is 0 Å². The summed E-state index contributed by atoms with van der Waals surface area (Å²) < 4.78 is 10.7. The number of hydrogen-bond donors (Lipinski definition) is 1. The molecule has 0 spiro atoms. The van der Waals surface area contributed by atoms with Crippen LogP contribution in [-0.2, 0) is 0 Å². The predicted octanol–water partition coefficient (Wildman–Crippen LogP) is 2.16. The summed E-state index contributed by atoms with van der Waals surface area (Å²) in [5, 5.41) is 0.663. The standard InChI is InChI=1S/C14H14N2O2S/c15-7-1-2-12-3-5-13(6-4-12)17-10-11-19-14-16-8-9-18-14/h3-6,8-9H,7,10-11,15H2. The van der Waals surface area contributed by atoms with Crippen LogP contribution in [0.1, 0.15) is 5.56 Å². The van der Waals surface area contributed by atoms with Gasteiger partial charge in [-0.05, 0) is 24.3 Å². The summed E-state index contributed by atoms with van der Waals surface area (Å²) in [5.74, 6) is 7.38. The van der Waals surface area contributed by atoms with Gasteiger partial charge < -0.3 is 14.9 Å². The molecule has 1 aromatic carbocycles. The molecule has 0 aliphatic heterocycles. The van der Waals surface area contributed by atoms with Gasteiger partial charge in [0, 0.05) is 11.3 Å². The minimum Gasteiger partial charge on any atom is -0.493 e. The Bertz CT molecular complexity index is 541. The maximum atomic E-state index is 5.60. The van der Waals surface area contributed by atoms with E-state index in [1.165, 1.54) is 11.8 Å². The van der Waals surface area contributed by atoms with Crippen LogP contribution in [-0.4, -0.2) is 23.9 Å². The monoisotopic (exact) mass is 274 g/mol. The highest BCUT2D eigenvalue weighted by atomic mass is 32.2. The summed E-state index contributed by atoms with van der Waals surface area (Å²) in [4.78, 5) is 4.02. The second-order valence-electron chi connectivity index (χ2n) is 3.53. The van der Waals surface area contributed by atoms with E-state index in [2.05, 4.69) is 16.8 Å². The summed E-state index contributed by atoms with van der Waals surface area (Å²) >= 11 is 1.52. The van der Waals surface area contributed by atoms with Crippen LogP contribution in [0.2, 0.25) is 0 Å². The molecular formula is C14H14N2O2S. The Hall–Kier alpha value is -1.90. The normalized spacial score (nSPS) is 9.74. The van der Waals surface area contributed by atoms with Gasteiger partial charge in [-0.3, -0.25) is 0 Å². The fourth-order valence-electron chi connectivity index (χ4n) is 1.36.